The summed E-state index contributed by atoms with van der Waals surface area (Å²) in [6.07, 6.45) is -1.86. The SMILES string of the molecule is CCC(CC)C(CC)(C(=O)O)P(=O)(O)O.CCOC(=O)/C(C)=C/c1cccc(OCc2nc(-c3ccc(C(F)(F)F)cc3)oc2C)c1. The first kappa shape index (κ1) is 39.2. The molecule has 0 saturated heterocycles. The van der Waals surface area contributed by atoms with Crippen molar-refractivity contribution in [3.8, 4) is 17.2 Å². The van der Waals surface area contributed by atoms with E-state index < -0.39 is 36.4 Å². The van der Waals surface area contributed by atoms with Gasteiger partial charge in [-0.05, 0) is 81.1 Å². The lowest BCUT2D eigenvalue weighted by Crippen LogP contribution is -2.44. The van der Waals surface area contributed by atoms with Crippen molar-refractivity contribution in [1.82, 2.24) is 4.98 Å². The lowest BCUT2D eigenvalue weighted by atomic mass is 9.85. The van der Waals surface area contributed by atoms with Gasteiger partial charge in [0.05, 0.1) is 12.2 Å². The number of hydrogen-bond donors (Lipinski definition) is 3. The van der Waals surface area contributed by atoms with Gasteiger partial charge in [-0.2, -0.15) is 13.2 Å². The molecular weight excluding hydrogens is 642 g/mol. The number of hydrogen-bond acceptors (Lipinski definition) is 7. The van der Waals surface area contributed by atoms with Crippen molar-refractivity contribution < 1.29 is 56.1 Å². The van der Waals surface area contributed by atoms with Crippen LogP contribution < -0.4 is 4.74 Å². The molecule has 2 aromatic carbocycles. The van der Waals surface area contributed by atoms with Crippen molar-refractivity contribution in [3.63, 3.8) is 0 Å². The summed E-state index contributed by atoms with van der Waals surface area (Å²) in [6.45, 7) is 10.5. The molecule has 10 nitrogen and oxygen atoms in total. The Labute approximate surface area is 271 Å². The number of benzene rings is 2. The van der Waals surface area contributed by atoms with E-state index in [4.69, 9.17) is 19.0 Å². The third kappa shape index (κ3) is 10.0. The molecule has 3 rings (SSSR count). The number of halogens is 3. The van der Waals surface area contributed by atoms with E-state index in [1.807, 2.05) is 6.07 Å². The molecule has 3 N–H and O–H groups in total. The summed E-state index contributed by atoms with van der Waals surface area (Å²) in [7, 11) is -4.65. The normalized spacial score (nSPS) is 13.4. The van der Waals surface area contributed by atoms with E-state index in [0.29, 0.717) is 47.8 Å². The Morgan fingerprint density at radius 3 is 2.13 bits per heavy atom. The van der Waals surface area contributed by atoms with Crippen LogP contribution in [-0.4, -0.2) is 43.6 Å². The quantitative estimate of drug-likeness (QED) is 0.0915. The molecule has 0 bridgehead atoms. The number of esters is 1. The Balaban J connectivity index is 0.000000433. The summed E-state index contributed by atoms with van der Waals surface area (Å²) in [4.78, 5) is 45.8. The number of nitrogens with zero attached hydrogens (tertiary/aromatic N) is 1. The topological polar surface area (TPSA) is 156 Å². The van der Waals surface area contributed by atoms with E-state index in [1.165, 1.54) is 19.1 Å². The van der Waals surface area contributed by atoms with Gasteiger partial charge in [0, 0.05) is 11.1 Å². The minimum absolute atomic E-state index is 0.0566. The molecule has 0 aliphatic heterocycles. The van der Waals surface area contributed by atoms with Crippen molar-refractivity contribution in [3.05, 3.63) is 76.7 Å². The second-order valence-electron chi connectivity index (χ2n) is 10.6. The average molecular weight is 684 g/mol. The van der Waals surface area contributed by atoms with Gasteiger partial charge in [-0.25, -0.2) is 9.78 Å². The Hall–Kier alpha value is -3.93. The second-order valence-corrected chi connectivity index (χ2v) is 12.5. The fourth-order valence-corrected chi connectivity index (χ4v) is 6.54. The Bertz CT molecular complexity index is 1570. The summed E-state index contributed by atoms with van der Waals surface area (Å²) in [5, 5.41) is 7.18. The molecule has 0 spiro atoms. The van der Waals surface area contributed by atoms with Crippen LogP contribution in [-0.2, 0) is 31.7 Å². The van der Waals surface area contributed by atoms with Gasteiger partial charge in [0.1, 0.15) is 23.8 Å². The molecule has 258 valence electrons. The minimum Gasteiger partial charge on any atom is -0.487 e. The van der Waals surface area contributed by atoms with Crippen LogP contribution in [0.1, 0.15) is 76.5 Å². The summed E-state index contributed by atoms with van der Waals surface area (Å²) in [6, 6.07) is 11.8. The number of alkyl halides is 3. The van der Waals surface area contributed by atoms with Crippen molar-refractivity contribution in [2.75, 3.05) is 6.61 Å². The smallest absolute Gasteiger partial charge is 0.416 e. The number of rotatable bonds is 13. The summed E-state index contributed by atoms with van der Waals surface area (Å²) in [5.41, 5.74) is 1.48. The highest BCUT2D eigenvalue weighted by Gasteiger charge is 2.56. The first-order valence-corrected chi connectivity index (χ1v) is 16.6. The van der Waals surface area contributed by atoms with Crippen LogP contribution >= 0.6 is 7.60 Å². The standard InChI is InChI=1S/C24H22F3NO4.C9H19O5P/c1-4-30-23(29)15(2)12-17-6-5-7-20(13-17)31-14-21-16(3)32-22(28-21)18-8-10-19(11-9-18)24(25,26)27;1-4-7(5-2)9(6-3,8(10)11)15(12,13)14/h5-13H,4,14H2,1-3H3;7H,4-6H2,1-3H3,(H,10,11)(H2,12,13,14)/b15-12+;. The summed E-state index contributed by atoms with van der Waals surface area (Å²) >= 11 is 0. The van der Waals surface area contributed by atoms with Crippen molar-refractivity contribution in [2.24, 2.45) is 5.92 Å². The molecule has 1 heterocycles. The summed E-state index contributed by atoms with van der Waals surface area (Å²) < 4.78 is 66.0. The van der Waals surface area contributed by atoms with Crippen LogP contribution in [0.5, 0.6) is 5.75 Å². The third-order valence-corrected chi connectivity index (χ3v) is 9.57. The number of ether oxygens (including phenoxy) is 2. The summed E-state index contributed by atoms with van der Waals surface area (Å²) in [5.74, 6) is -0.986. The molecule has 0 radical (unpaired) electrons. The van der Waals surface area contributed by atoms with Crippen LogP contribution in [0, 0.1) is 12.8 Å². The highest BCUT2D eigenvalue weighted by Crippen LogP contribution is 2.58. The van der Waals surface area contributed by atoms with Gasteiger partial charge in [0.15, 0.2) is 5.16 Å². The maximum atomic E-state index is 12.7. The second kappa shape index (κ2) is 16.8. The Morgan fingerprint density at radius 2 is 1.66 bits per heavy atom. The van der Waals surface area contributed by atoms with Gasteiger partial charge in [-0.3, -0.25) is 9.36 Å². The van der Waals surface area contributed by atoms with Crippen LogP contribution in [0.15, 0.2) is 58.5 Å². The van der Waals surface area contributed by atoms with E-state index in [9.17, 15) is 37.1 Å². The Kier molecular flexibility index (Phi) is 14.0. The van der Waals surface area contributed by atoms with Crippen LogP contribution in [0.3, 0.4) is 0 Å². The van der Waals surface area contributed by atoms with E-state index in [1.54, 1.807) is 58.9 Å². The van der Waals surface area contributed by atoms with Crippen LogP contribution in [0.25, 0.3) is 17.5 Å². The van der Waals surface area contributed by atoms with E-state index >= 15 is 0 Å². The lowest BCUT2D eigenvalue weighted by molar-refractivity contribution is -0.143. The van der Waals surface area contributed by atoms with E-state index in [-0.39, 0.29) is 24.9 Å². The van der Waals surface area contributed by atoms with E-state index in [2.05, 4.69) is 4.98 Å². The molecule has 1 atom stereocenters. The number of carbonyl (C=O) groups is 2. The largest absolute Gasteiger partial charge is 0.487 e. The number of oxazole rings is 1. The van der Waals surface area contributed by atoms with Gasteiger partial charge in [0.25, 0.3) is 0 Å². The molecule has 1 aromatic heterocycles. The van der Waals surface area contributed by atoms with Crippen molar-refractivity contribution >= 4 is 25.6 Å². The molecule has 47 heavy (non-hydrogen) atoms. The average Bonchev–Trinajstić information content (AvgIpc) is 3.38. The highest BCUT2D eigenvalue weighted by molar-refractivity contribution is 7.54. The van der Waals surface area contributed by atoms with E-state index in [0.717, 1.165) is 17.7 Å². The van der Waals surface area contributed by atoms with Gasteiger partial charge >= 0.3 is 25.7 Å². The van der Waals surface area contributed by atoms with Crippen LogP contribution in [0.2, 0.25) is 0 Å². The number of aryl methyl sites for hydroxylation is 1. The van der Waals surface area contributed by atoms with Crippen LogP contribution in [0.4, 0.5) is 13.2 Å². The lowest BCUT2D eigenvalue weighted by Gasteiger charge is -2.35. The minimum atomic E-state index is -4.65. The molecule has 1 unspecified atom stereocenters. The zero-order chi connectivity index (χ0) is 35.6. The predicted molar refractivity (Wildman–Crippen MR) is 170 cm³/mol. The van der Waals surface area contributed by atoms with Gasteiger partial charge < -0.3 is 28.8 Å². The number of aromatic nitrogens is 1. The van der Waals surface area contributed by atoms with Crippen molar-refractivity contribution in [2.45, 2.75) is 78.7 Å². The number of aliphatic carboxylic acids is 1. The fourth-order valence-electron chi connectivity index (χ4n) is 5.03. The molecule has 0 amide bonds. The first-order valence-electron chi connectivity index (χ1n) is 15.0. The molecule has 14 heteroatoms. The molecule has 0 saturated carbocycles. The number of carboxylic acids is 1. The number of carbonyl (C=O) groups excluding carboxylic acids is 1. The maximum absolute atomic E-state index is 12.7. The molecule has 0 aliphatic carbocycles. The number of carboxylic acid groups (broad SMARTS) is 1. The molecule has 0 aliphatic rings. The third-order valence-electron chi connectivity index (χ3n) is 7.66. The highest BCUT2D eigenvalue weighted by atomic mass is 31.2. The first-order chi connectivity index (χ1) is 21.9. The molecule has 3 aromatic rings. The zero-order valence-corrected chi connectivity index (χ0v) is 28.0. The zero-order valence-electron chi connectivity index (χ0n) is 27.1. The predicted octanol–water partition coefficient (Wildman–Crippen LogP) is 8.05. The fraction of sp³-hybridized carbons (Fsp3) is 0.424. The van der Waals surface area contributed by atoms with Gasteiger partial charge in [0.2, 0.25) is 5.89 Å². The monoisotopic (exact) mass is 683 g/mol. The maximum Gasteiger partial charge on any atom is 0.416 e. The van der Waals surface area contributed by atoms with Crippen molar-refractivity contribution in [1.29, 1.82) is 0 Å². The molecule has 0 fully saturated rings. The Morgan fingerprint density at radius 1 is 1.04 bits per heavy atom. The molecular formula is C33H41F3NO9P. The van der Waals surface area contributed by atoms with Gasteiger partial charge in [-0.15, -0.1) is 0 Å². The van der Waals surface area contributed by atoms with Gasteiger partial charge in [-0.1, -0.05) is 45.7 Å².